The van der Waals surface area contributed by atoms with E-state index < -0.39 is 0 Å². The lowest BCUT2D eigenvalue weighted by Gasteiger charge is -2.22. The van der Waals surface area contributed by atoms with Crippen LogP contribution in [0, 0.1) is 5.92 Å². The van der Waals surface area contributed by atoms with Gasteiger partial charge in [-0.2, -0.15) is 0 Å². The molecule has 0 saturated heterocycles. The lowest BCUT2D eigenvalue weighted by molar-refractivity contribution is 0.249. The van der Waals surface area contributed by atoms with Crippen LogP contribution in [0.4, 0.5) is 11.4 Å². The van der Waals surface area contributed by atoms with E-state index in [0.29, 0.717) is 17.4 Å². The zero-order chi connectivity index (χ0) is 12.1. The van der Waals surface area contributed by atoms with Gasteiger partial charge in [-0.3, -0.25) is 0 Å². The average Bonchev–Trinajstić information content (AvgIpc) is 2.27. The first-order valence-corrected chi connectivity index (χ1v) is 5.40. The maximum absolute atomic E-state index is 9.24. The van der Waals surface area contributed by atoms with Crippen LogP contribution in [-0.2, 0) is 0 Å². The molecule has 0 heterocycles. The number of aliphatic hydroxyl groups excluding tert-OH is 1. The first-order valence-electron chi connectivity index (χ1n) is 5.40. The van der Waals surface area contributed by atoms with Crippen molar-refractivity contribution in [1.82, 2.24) is 0 Å². The first-order chi connectivity index (χ1) is 7.60. The number of methoxy groups -OCH3 is 1. The third-order valence-corrected chi connectivity index (χ3v) is 2.63. The Hall–Kier alpha value is -1.42. The zero-order valence-corrected chi connectivity index (χ0v) is 10.0. The summed E-state index contributed by atoms with van der Waals surface area (Å²) in [6.45, 7) is 4.17. The van der Waals surface area contributed by atoms with Crippen molar-refractivity contribution in [3.63, 3.8) is 0 Å². The van der Waals surface area contributed by atoms with Crippen molar-refractivity contribution in [3.05, 3.63) is 18.2 Å². The van der Waals surface area contributed by atoms with Crippen LogP contribution in [-0.4, -0.2) is 24.9 Å². The number of hydrogen-bond acceptors (Lipinski definition) is 4. The molecule has 0 fully saturated rings. The summed E-state index contributed by atoms with van der Waals surface area (Å²) in [6, 6.07) is 5.55. The molecule has 1 rings (SSSR count). The highest BCUT2D eigenvalue weighted by Gasteiger charge is 2.14. The van der Waals surface area contributed by atoms with E-state index >= 15 is 0 Å². The van der Waals surface area contributed by atoms with E-state index in [4.69, 9.17) is 10.5 Å². The van der Waals surface area contributed by atoms with Gasteiger partial charge in [-0.25, -0.2) is 0 Å². The summed E-state index contributed by atoms with van der Waals surface area (Å²) in [7, 11) is 1.58. The van der Waals surface area contributed by atoms with E-state index in [1.165, 1.54) is 0 Å². The number of aliphatic hydroxyl groups is 1. The quantitative estimate of drug-likeness (QED) is 0.666. The molecule has 1 aromatic rings. The van der Waals surface area contributed by atoms with Crippen LogP contribution in [0.2, 0.25) is 0 Å². The van der Waals surface area contributed by atoms with E-state index in [0.717, 1.165) is 5.69 Å². The molecule has 16 heavy (non-hydrogen) atoms. The van der Waals surface area contributed by atoms with Gasteiger partial charge in [0.15, 0.2) is 0 Å². The Labute approximate surface area is 96.4 Å². The number of rotatable bonds is 5. The maximum Gasteiger partial charge on any atom is 0.143 e. The second-order valence-corrected chi connectivity index (χ2v) is 4.10. The second-order valence-electron chi connectivity index (χ2n) is 4.10. The van der Waals surface area contributed by atoms with Gasteiger partial charge in [0.25, 0.3) is 0 Å². The van der Waals surface area contributed by atoms with Crippen LogP contribution in [0.5, 0.6) is 5.75 Å². The number of para-hydroxylation sites is 1. The van der Waals surface area contributed by atoms with Gasteiger partial charge in [-0.1, -0.05) is 19.9 Å². The third-order valence-electron chi connectivity index (χ3n) is 2.63. The number of hydrogen-bond donors (Lipinski definition) is 3. The Morgan fingerprint density at radius 2 is 2.12 bits per heavy atom. The van der Waals surface area contributed by atoms with Gasteiger partial charge in [0.2, 0.25) is 0 Å². The van der Waals surface area contributed by atoms with E-state index in [1.807, 2.05) is 32.0 Å². The maximum atomic E-state index is 9.24. The summed E-state index contributed by atoms with van der Waals surface area (Å²) in [4.78, 5) is 0. The third kappa shape index (κ3) is 2.79. The highest BCUT2D eigenvalue weighted by Crippen LogP contribution is 2.29. The zero-order valence-electron chi connectivity index (χ0n) is 10.0. The van der Waals surface area contributed by atoms with Crippen molar-refractivity contribution >= 4 is 11.4 Å². The van der Waals surface area contributed by atoms with Gasteiger partial charge in [0.1, 0.15) is 5.75 Å². The van der Waals surface area contributed by atoms with Crippen molar-refractivity contribution in [2.24, 2.45) is 5.92 Å². The Morgan fingerprint density at radius 3 is 2.62 bits per heavy atom. The van der Waals surface area contributed by atoms with Gasteiger partial charge >= 0.3 is 0 Å². The molecule has 0 spiro atoms. The van der Waals surface area contributed by atoms with Gasteiger partial charge in [0.05, 0.1) is 31.1 Å². The van der Waals surface area contributed by atoms with Crippen molar-refractivity contribution in [3.8, 4) is 5.75 Å². The molecule has 0 saturated carbocycles. The molecule has 0 unspecified atom stereocenters. The molecular formula is C12H20N2O2. The van der Waals surface area contributed by atoms with Gasteiger partial charge in [-0.15, -0.1) is 0 Å². The van der Waals surface area contributed by atoms with Crippen LogP contribution >= 0.6 is 0 Å². The average molecular weight is 224 g/mol. The fourth-order valence-corrected chi connectivity index (χ4v) is 1.47. The van der Waals surface area contributed by atoms with E-state index in [2.05, 4.69) is 5.32 Å². The minimum Gasteiger partial charge on any atom is -0.495 e. The number of nitrogen functional groups attached to an aromatic ring is 1. The lowest BCUT2D eigenvalue weighted by atomic mass is 10.0. The second kappa shape index (κ2) is 5.61. The summed E-state index contributed by atoms with van der Waals surface area (Å²) in [5, 5.41) is 12.5. The Balaban J connectivity index is 2.88. The molecule has 0 aliphatic heterocycles. The predicted octanol–water partition coefficient (Wildman–Crippen LogP) is 1.71. The number of benzene rings is 1. The molecule has 0 aliphatic carbocycles. The van der Waals surface area contributed by atoms with Crippen molar-refractivity contribution in [2.45, 2.75) is 19.9 Å². The van der Waals surface area contributed by atoms with Gasteiger partial charge in [0, 0.05) is 0 Å². The van der Waals surface area contributed by atoms with Crippen molar-refractivity contribution in [1.29, 1.82) is 0 Å². The molecule has 4 nitrogen and oxygen atoms in total. The molecule has 0 aliphatic rings. The standard InChI is InChI=1S/C12H20N2O2/c1-8(2)10(7-15)14-9-5-4-6-11(16-3)12(9)13/h4-6,8,10,14-15H,7,13H2,1-3H3/t10-/m1/s1. The number of ether oxygens (including phenoxy) is 1. The fourth-order valence-electron chi connectivity index (χ4n) is 1.47. The van der Waals surface area contributed by atoms with Crippen LogP contribution in [0.15, 0.2) is 18.2 Å². The Bertz CT molecular complexity index is 340. The highest BCUT2D eigenvalue weighted by atomic mass is 16.5. The minimum absolute atomic E-state index is 0.00518. The SMILES string of the molecule is COc1cccc(N[C@H](CO)C(C)C)c1N. The summed E-state index contributed by atoms with van der Waals surface area (Å²) in [6.07, 6.45) is 0. The monoisotopic (exact) mass is 224 g/mol. The predicted molar refractivity (Wildman–Crippen MR) is 66.7 cm³/mol. The molecule has 4 N–H and O–H groups in total. The van der Waals surface area contributed by atoms with Crippen LogP contribution in [0.25, 0.3) is 0 Å². The molecule has 0 amide bonds. The van der Waals surface area contributed by atoms with E-state index in [-0.39, 0.29) is 12.6 Å². The summed E-state index contributed by atoms with van der Waals surface area (Å²) in [5.74, 6) is 0.973. The van der Waals surface area contributed by atoms with Crippen LogP contribution in [0.1, 0.15) is 13.8 Å². The highest BCUT2D eigenvalue weighted by molar-refractivity contribution is 5.73. The van der Waals surface area contributed by atoms with Crippen LogP contribution < -0.4 is 15.8 Å². The molecule has 0 bridgehead atoms. The number of nitrogens with two attached hydrogens (primary N) is 1. The molecule has 1 atom stereocenters. The van der Waals surface area contributed by atoms with Crippen molar-refractivity contribution in [2.75, 3.05) is 24.8 Å². The van der Waals surface area contributed by atoms with E-state index in [1.54, 1.807) is 7.11 Å². The summed E-state index contributed by atoms with van der Waals surface area (Å²) < 4.78 is 5.13. The molecule has 0 radical (unpaired) electrons. The Morgan fingerprint density at radius 1 is 1.44 bits per heavy atom. The largest absolute Gasteiger partial charge is 0.495 e. The molecule has 1 aromatic carbocycles. The first kappa shape index (κ1) is 12.6. The summed E-state index contributed by atoms with van der Waals surface area (Å²) >= 11 is 0. The molecule has 90 valence electrons. The summed E-state index contributed by atoms with van der Waals surface area (Å²) in [5.41, 5.74) is 7.30. The van der Waals surface area contributed by atoms with E-state index in [9.17, 15) is 5.11 Å². The molecule has 4 heteroatoms. The number of anilines is 2. The normalized spacial score (nSPS) is 12.6. The topological polar surface area (TPSA) is 67.5 Å². The minimum atomic E-state index is -0.00518. The van der Waals surface area contributed by atoms with Crippen LogP contribution in [0.3, 0.4) is 0 Å². The molecular weight excluding hydrogens is 204 g/mol. The Kier molecular flexibility index (Phi) is 4.43. The number of nitrogens with one attached hydrogen (secondary N) is 1. The lowest BCUT2D eigenvalue weighted by Crippen LogP contribution is -2.29. The van der Waals surface area contributed by atoms with Gasteiger partial charge < -0.3 is 20.9 Å². The van der Waals surface area contributed by atoms with Gasteiger partial charge in [-0.05, 0) is 18.1 Å². The van der Waals surface area contributed by atoms with Crippen molar-refractivity contribution < 1.29 is 9.84 Å². The fraction of sp³-hybridized carbons (Fsp3) is 0.500. The molecule has 0 aromatic heterocycles. The smallest absolute Gasteiger partial charge is 0.143 e.